The summed E-state index contributed by atoms with van der Waals surface area (Å²) in [4.78, 5) is 33.2. The number of aromatic nitrogens is 1. The molecule has 0 unspecified atom stereocenters. The molecule has 7 heteroatoms. The normalized spacial score (nSPS) is 18.5. The highest BCUT2D eigenvalue weighted by Gasteiger charge is 2.45. The van der Waals surface area contributed by atoms with Gasteiger partial charge in [0.15, 0.2) is 0 Å². The van der Waals surface area contributed by atoms with Crippen LogP contribution in [0.25, 0.3) is 5.76 Å². The van der Waals surface area contributed by atoms with Crippen LogP contribution in [-0.2, 0) is 9.59 Å². The molecule has 1 aromatic heterocycles. The van der Waals surface area contributed by atoms with Gasteiger partial charge in [0.25, 0.3) is 11.7 Å². The number of likely N-dealkylation sites (N-methyl/N-ethyl adjacent to an activating group) is 1. The number of ketones is 1. The van der Waals surface area contributed by atoms with Crippen molar-refractivity contribution in [3.8, 4) is 5.75 Å². The Morgan fingerprint density at radius 2 is 1.93 bits per heavy atom. The van der Waals surface area contributed by atoms with E-state index in [9.17, 15) is 14.7 Å². The van der Waals surface area contributed by atoms with Crippen LogP contribution in [0.1, 0.15) is 24.1 Å². The number of ether oxygens (including phenoxy) is 1. The number of aliphatic hydroxyl groups excluding tert-OH is 1. The molecular formula is C22H25N3O4. The molecule has 2 heterocycles. The topological polar surface area (TPSA) is 83.0 Å². The van der Waals surface area contributed by atoms with Gasteiger partial charge in [0.2, 0.25) is 0 Å². The highest BCUT2D eigenvalue weighted by atomic mass is 16.5. The summed E-state index contributed by atoms with van der Waals surface area (Å²) in [5.41, 5.74) is 1.23. The molecule has 2 aromatic rings. The van der Waals surface area contributed by atoms with Crippen molar-refractivity contribution in [3.05, 3.63) is 65.5 Å². The van der Waals surface area contributed by atoms with E-state index in [4.69, 9.17) is 4.74 Å². The Hall–Kier alpha value is -3.19. The van der Waals surface area contributed by atoms with Gasteiger partial charge in [0.1, 0.15) is 11.5 Å². The number of hydrogen-bond acceptors (Lipinski definition) is 6. The number of Topliss-reactive ketones (excluding diaryl/α,β-unsaturated/α-hetero) is 1. The molecule has 1 aliphatic rings. The molecule has 3 rings (SSSR count). The van der Waals surface area contributed by atoms with Crippen LogP contribution in [0, 0.1) is 0 Å². The highest BCUT2D eigenvalue weighted by molar-refractivity contribution is 6.46. The zero-order valence-corrected chi connectivity index (χ0v) is 16.8. The minimum absolute atomic E-state index is 0.0774. The van der Waals surface area contributed by atoms with Crippen LogP contribution in [-0.4, -0.2) is 65.4 Å². The first-order valence-electron chi connectivity index (χ1n) is 9.50. The van der Waals surface area contributed by atoms with Crippen LogP contribution in [0.5, 0.6) is 5.75 Å². The molecule has 0 bridgehead atoms. The third-order valence-electron chi connectivity index (χ3n) is 4.77. The van der Waals surface area contributed by atoms with E-state index < -0.39 is 17.7 Å². The summed E-state index contributed by atoms with van der Waals surface area (Å²) in [5, 5.41) is 11.0. The SMILES string of the molecule is CCOc1cccc(C(O)=C2C(=O)C(=O)N(CCN(C)C)[C@@H]2c2ccncc2)c1. The van der Waals surface area contributed by atoms with Gasteiger partial charge in [-0.2, -0.15) is 0 Å². The van der Waals surface area contributed by atoms with Crippen molar-refractivity contribution in [2.75, 3.05) is 33.8 Å². The summed E-state index contributed by atoms with van der Waals surface area (Å²) >= 11 is 0. The maximum absolute atomic E-state index is 12.9. The van der Waals surface area contributed by atoms with Crippen LogP contribution in [0.15, 0.2) is 54.4 Å². The van der Waals surface area contributed by atoms with Gasteiger partial charge in [0.05, 0.1) is 18.2 Å². The molecule has 0 radical (unpaired) electrons. The van der Waals surface area contributed by atoms with E-state index >= 15 is 0 Å². The van der Waals surface area contributed by atoms with Crippen molar-refractivity contribution in [1.82, 2.24) is 14.8 Å². The third-order valence-corrected chi connectivity index (χ3v) is 4.77. The third kappa shape index (κ3) is 4.30. The van der Waals surface area contributed by atoms with Crippen molar-refractivity contribution in [3.63, 3.8) is 0 Å². The van der Waals surface area contributed by atoms with Crippen LogP contribution in [0.2, 0.25) is 0 Å². The van der Waals surface area contributed by atoms with Gasteiger partial charge in [-0.1, -0.05) is 12.1 Å². The van der Waals surface area contributed by atoms with E-state index in [1.807, 2.05) is 25.9 Å². The molecule has 1 amide bonds. The molecule has 29 heavy (non-hydrogen) atoms. The fourth-order valence-electron chi connectivity index (χ4n) is 3.37. The zero-order valence-electron chi connectivity index (χ0n) is 16.8. The van der Waals surface area contributed by atoms with Gasteiger partial charge in [-0.3, -0.25) is 14.6 Å². The Bertz CT molecular complexity index is 925. The molecule has 7 nitrogen and oxygen atoms in total. The average Bonchev–Trinajstić information content (AvgIpc) is 2.97. The Labute approximate surface area is 170 Å². The van der Waals surface area contributed by atoms with Gasteiger partial charge in [-0.15, -0.1) is 0 Å². The monoisotopic (exact) mass is 395 g/mol. The Morgan fingerprint density at radius 3 is 2.59 bits per heavy atom. The van der Waals surface area contributed by atoms with Crippen LogP contribution >= 0.6 is 0 Å². The first-order valence-corrected chi connectivity index (χ1v) is 9.50. The maximum Gasteiger partial charge on any atom is 0.295 e. The quantitative estimate of drug-likeness (QED) is 0.441. The first-order chi connectivity index (χ1) is 13.9. The van der Waals surface area contributed by atoms with Crippen LogP contribution in [0.3, 0.4) is 0 Å². The molecule has 152 valence electrons. The molecule has 0 spiro atoms. The molecule has 1 aliphatic heterocycles. The van der Waals surface area contributed by atoms with Gasteiger partial charge < -0.3 is 19.6 Å². The standard InChI is InChI=1S/C22H25N3O4/c1-4-29-17-7-5-6-16(14-17)20(26)18-19(15-8-10-23-11-9-15)25(13-12-24(2)3)22(28)21(18)27/h5-11,14,19,26H,4,12-13H2,1-3H3/t19-/m1/s1. The van der Waals surface area contributed by atoms with Crippen molar-refractivity contribution < 1.29 is 19.4 Å². The fraction of sp³-hybridized carbons (Fsp3) is 0.318. The lowest BCUT2D eigenvalue weighted by Crippen LogP contribution is -2.35. The van der Waals surface area contributed by atoms with E-state index in [-0.39, 0.29) is 11.3 Å². The number of benzene rings is 1. The van der Waals surface area contributed by atoms with Crippen LogP contribution in [0.4, 0.5) is 0 Å². The minimum atomic E-state index is -0.690. The van der Waals surface area contributed by atoms with Crippen LogP contribution < -0.4 is 4.74 Å². The maximum atomic E-state index is 12.9. The lowest BCUT2D eigenvalue weighted by atomic mass is 9.96. The number of aliphatic hydroxyl groups is 1. The number of likely N-dealkylation sites (tertiary alicyclic amines) is 1. The largest absolute Gasteiger partial charge is 0.507 e. The second kappa shape index (κ2) is 8.87. The van der Waals surface area contributed by atoms with Gasteiger partial charge in [0, 0.05) is 31.0 Å². The molecule has 0 saturated carbocycles. The second-order valence-corrected chi connectivity index (χ2v) is 7.04. The summed E-state index contributed by atoms with van der Waals surface area (Å²) < 4.78 is 5.50. The van der Waals surface area contributed by atoms with Crippen molar-refractivity contribution in [2.45, 2.75) is 13.0 Å². The number of pyridine rings is 1. The van der Waals surface area contributed by atoms with Crippen molar-refractivity contribution in [2.24, 2.45) is 0 Å². The molecule has 1 fully saturated rings. The van der Waals surface area contributed by atoms with E-state index in [0.717, 1.165) is 5.56 Å². The van der Waals surface area contributed by atoms with Gasteiger partial charge >= 0.3 is 0 Å². The van der Waals surface area contributed by atoms with Gasteiger partial charge in [-0.05, 0) is 50.8 Å². The molecule has 1 aromatic carbocycles. The summed E-state index contributed by atoms with van der Waals surface area (Å²) in [6, 6.07) is 9.70. The highest BCUT2D eigenvalue weighted by Crippen LogP contribution is 2.39. The van der Waals surface area contributed by atoms with E-state index in [1.165, 1.54) is 4.90 Å². The fourth-order valence-corrected chi connectivity index (χ4v) is 3.37. The van der Waals surface area contributed by atoms with E-state index in [1.54, 1.807) is 48.8 Å². The lowest BCUT2D eigenvalue weighted by Gasteiger charge is -2.26. The average molecular weight is 395 g/mol. The number of amides is 1. The summed E-state index contributed by atoms with van der Waals surface area (Å²) in [5.74, 6) is -0.932. The molecular weight excluding hydrogens is 370 g/mol. The van der Waals surface area contributed by atoms with Crippen molar-refractivity contribution in [1.29, 1.82) is 0 Å². The second-order valence-electron chi connectivity index (χ2n) is 7.04. The summed E-state index contributed by atoms with van der Waals surface area (Å²) in [6.07, 6.45) is 3.22. The Morgan fingerprint density at radius 1 is 1.21 bits per heavy atom. The first kappa shape index (κ1) is 20.5. The lowest BCUT2D eigenvalue weighted by molar-refractivity contribution is -0.140. The zero-order chi connectivity index (χ0) is 21.0. The summed E-state index contributed by atoms with van der Waals surface area (Å²) in [6.45, 7) is 3.30. The molecule has 0 aliphatic carbocycles. The number of rotatable bonds is 7. The predicted octanol–water partition coefficient (Wildman–Crippen LogP) is 2.46. The molecule has 1 N–H and O–H groups in total. The van der Waals surface area contributed by atoms with E-state index in [2.05, 4.69) is 4.98 Å². The molecule has 1 atom stereocenters. The predicted molar refractivity (Wildman–Crippen MR) is 109 cm³/mol. The Kier molecular flexibility index (Phi) is 6.29. The smallest absolute Gasteiger partial charge is 0.295 e. The number of nitrogens with zero attached hydrogens (tertiary/aromatic N) is 3. The van der Waals surface area contributed by atoms with E-state index in [0.29, 0.717) is 31.0 Å². The minimum Gasteiger partial charge on any atom is -0.507 e. The number of carbonyl (C=O) groups excluding carboxylic acids is 2. The van der Waals surface area contributed by atoms with Crippen molar-refractivity contribution >= 4 is 17.4 Å². The number of hydrogen-bond donors (Lipinski definition) is 1. The Balaban J connectivity index is 2.11. The number of carbonyl (C=O) groups is 2. The summed E-state index contributed by atoms with van der Waals surface area (Å²) in [7, 11) is 3.80. The molecule has 1 saturated heterocycles. The van der Waals surface area contributed by atoms with Gasteiger partial charge in [-0.25, -0.2) is 0 Å².